The molecule has 0 fully saturated rings. The molecule has 2 rings (SSSR count). The van der Waals surface area contributed by atoms with E-state index in [0.717, 1.165) is 12.1 Å². The van der Waals surface area contributed by atoms with Crippen LogP contribution in [0.5, 0.6) is 11.5 Å². The van der Waals surface area contributed by atoms with Crippen molar-refractivity contribution in [1.82, 2.24) is 0 Å². The van der Waals surface area contributed by atoms with Crippen molar-refractivity contribution in [2.75, 3.05) is 0 Å². The van der Waals surface area contributed by atoms with E-state index in [0.29, 0.717) is 0 Å². The normalized spacial score (nSPS) is 9.83. The van der Waals surface area contributed by atoms with Crippen LogP contribution in [0.4, 0.5) is 11.4 Å². The van der Waals surface area contributed by atoms with Crippen molar-refractivity contribution in [3.05, 3.63) is 47.5 Å². The maximum atomic E-state index is 10.7. The van der Waals surface area contributed by atoms with Gasteiger partial charge in [-0.1, -0.05) is 0 Å². The molecule has 0 aliphatic heterocycles. The fraction of sp³-hybridized carbons (Fsp3) is 0. The number of benzene rings is 2. The molecule has 4 N–H and O–H groups in total. The van der Waals surface area contributed by atoms with Crippen molar-refractivity contribution in [1.29, 1.82) is 0 Å². The van der Waals surface area contributed by atoms with Crippen molar-refractivity contribution >= 4 is 82.4 Å². The summed E-state index contributed by atoms with van der Waals surface area (Å²) in [6.07, 6.45) is 0. The van der Waals surface area contributed by atoms with E-state index in [1.807, 2.05) is 0 Å². The van der Waals surface area contributed by atoms with Gasteiger partial charge in [0.2, 0.25) is 0 Å². The predicted octanol–water partition coefficient (Wildman–Crippen LogP) is 2.15. The van der Waals surface area contributed by atoms with E-state index >= 15 is 0 Å². The Morgan fingerprint density at radius 1 is 0.708 bits per heavy atom. The van der Waals surface area contributed by atoms with Gasteiger partial charge in [0.05, 0.1) is 11.4 Å². The first-order valence-electron chi connectivity index (χ1n) is 5.93. The zero-order valence-electron chi connectivity index (χ0n) is 13.0. The summed E-state index contributed by atoms with van der Waals surface area (Å²) in [7, 11) is 0. The number of carbonyl (C=O) groups is 2. The van der Waals surface area contributed by atoms with E-state index in [-0.39, 0.29) is 81.6 Å². The molecule has 10 heteroatoms. The number of azo groups is 1. The molecule has 0 amide bonds. The Morgan fingerprint density at radius 3 is 1.29 bits per heavy atom. The fourth-order valence-corrected chi connectivity index (χ4v) is 1.64. The molecule has 24 heavy (non-hydrogen) atoms. The number of carboxylic acid groups (broad SMARTS) is 2. The number of hydrogen-bond donors (Lipinski definition) is 4. The van der Waals surface area contributed by atoms with E-state index < -0.39 is 23.4 Å². The van der Waals surface area contributed by atoms with Crippen molar-refractivity contribution in [3.8, 4) is 11.5 Å². The Hall–Kier alpha value is -1.42. The van der Waals surface area contributed by atoms with Gasteiger partial charge in [0.1, 0.15) is 22.6 Å². The van der Waals surface area contributed by atoms with Crippen LogP contribution < -0.4 is 0 Å². The summed E-state index contributed by atoms with van der Waals surface area (Å²) >= 11 is 0. The SMILES string of the molecule is O=C(O)c1ccc(N=Nc2ccc(C(=O)O)c(O)c2)cc1O.[Na].[Na]. The Balaban J connectivity index is 0.00000264. The van der Waals surface area contributed by atoms with E-state index in [4.69, 9.17) is 10.2 Å². The standard InChI is InChI=1S/C14H10N2O6.2Na/c17-11-5-7(1-3-9(11)13(19)20)15-16-8-2-4-10(14(21)22)12(18)6-8;;/h1-6,17-18H,(H,19,20)(H,21,22);;. The number of hydrogen-bond acceptors (Lipinski definition) is 6. The van der Waals surface area contributed by atoms with Gasteiger partial charge in [-0.2, -0.15) is 10.2 Å². The van der Waals surface area contributed by atoms with E-state index in [9.17, 15) is 19.8 Å². The van der Waals surface area contributed by atoms with E-state index in [2.05, 4.69) is 10.2 Å². The van der Waals surface area contributed by atoms with Gasteiger partial charge in [-0.25, -0.2) is 9.59 Å². The van der Waals surface area contributed by atoms with Gasteiger partial charge in [0, 0.05) is 71.2 Å². The maximum Gasteiger partial charge on any atom is 0.339 e. The Labute approximate surface area is 180 Å². The first-order chi connectivity index (χ1) is 10.4. The van der Waals surface area contributed by atoms with E-state index in [1.54, 1.807) is 0 Å². The van der Waals surface area contributed by atoms with Gasteiger partial charge >= 0.3 is 11.9 Å². The number of aromatic hydroxyl groups is 2. The van der Waals surface area contributed by atoms with Crippen LogP contribution >= 0.6 is 0 Å². The van der Waals surface area contributed by atoms with Gasteiger partial charge in [-0.05, 0) is 24.3 Å². The van der Waals surface area contributed by atoms with Gasteiger partial charge in [-0.3, -0.25) is 0 Å². The number of phenols is 2. The molecule has 0 aromatic heterocycles. The summed E-state index contributed by atoms with van der Waals surface area (Å²) in [5.41, 5.74) is -0.126. The van der Waals surface area contributed by atoms with Crippen LogP contribution in [-0.4, -0.2) is 91.5 Å². The minimum Gasteiger partial charge on any atom is -0.507 e. The quantitative estimate of drug-likeness (QED) is 0.493. The Kier molecular flexibility index (Phi) is 9.20. The molecule has 0 saturated carbocycles. The molecule has 2 aromatic carbocycles. The summed E-state index contributed by atoms with van der Waals surface area (Å²) in [6, 6.07) is 7.29. The molecular formula is C14H10N2Na2O6. The first-order valence-corrected chi connectivity index (χ1v) is 5.93. The predicted molar refractivity (Wildman–Crippen MR) is 85.8 cm³/mol. The topological polar surface area (TPSA) is 140 Å². The molecule has 0 spiro atoms. The van der Waals surface area contributed by atoms with Crippen LogP contribution in [0.3, 0.4) is 0 Å². The number of aromatic carboxylic acids is 2. The van der Waals surface area contributed by atoms with Crippen LogP contribution in [0.2, 0.25) is 0 Å². The van der Waals surface area contributed by atoms with Crippen LogP contribution in [0.15, 0.2) is 46.6 Å². The zero-order chi connectivity index (χ0) is 16.3. The average Bonchev–Trinajstić information content (AvgIpc) is 2.44. The third-order valence-corrected chi connectivity index (χ3v) is 2.70. The summed E-state index contributed by atoms with van der Waals surface area (Å²) < 4.78 is 0. The molecule has 2 aromatic rings. The van der Waals surface area contributed by atoms with Crippen molar-refractivity contribution < 1.29 is 30.0 Å². The molecule has 0 unspecified atom stereocenters. The van der Waals surface area contributed by atoms with Crippen molar-refractivity contribution in [3.63, 3.8) is 0 Å². The second kappa shape index (κ2) is 9.77. The van der Waals surface area contributed by atoms with Gasteiger partial charge in [0.15, 0.2) is 0 Å². The molecule has 114 valence electrons. The van der Waals surface area contributed by atoms with Crippen LogP contribution in [0.25, 0.3) is 0 Å². The minimum absolute atomic E-state index is 0. The monoisotopic (exact) mass is 348 g/mol. The van der Waals surface area contributed by atoms with E-state index in [1.165, 1.54) is 24.3 Å². The minimum atomic E-state index is -1.27. The maximum absolute atomic E-state index is 10.7. The second-order valence-electron chi connectivity index (χ2n) is 4.21. The first kappa shape index (κ1) is 22.6. The van der Waals surface area contributed by atoms with Crippen LogP contribution in [-0.2, 0) is 0 Å². The van der Waals surface area contributed by atoms with Crippen LogP contribution in [0, 0.1) is 0 Å². The van der Waals surface area contributed by atoms with Gasteiger partial charge in [-0.15, -0.1) is 0 Å². The summed E-state index contributed by atoms with van der Waals surface area (Å²) in [5.74, 6) is -3.44. The molecule has 0 aliphatic rings. The molecule has 0 aliphatic carbocycles. The summed E-state index contributed by atoms with van der Waals surface area (Å²) in [6.45, 7) is 0. The third-order valence-electron chi connectivity index (χ3n) is 2.70. The van der Waals surface area contributed by atoms with Gasteiger partial charge in [0.25, 0.3) is 0 Å². The fourth-order valence-electron chi connectivity index (χ4n) is 1.64. The summed E-state index contributed by atoms with van der Waals surface area (Å²) in [5, 5.41) is 44.1. The van der Waals surface area contributed by atoms with Crippen molar-refractivity contribution in [2.24, 2.45) is 10.2 Å². The summed E-state index contributed by atoms with van der Waals surface area (Å²) in [4.78, 5) is 21.5. The molecule has 0 bridgehead atoms. The van der Waals surface area contributed by atoms with Crippen molar-refractivity contribution in [2.45, 2.75) is 0 Å². The molecular weight excluding hydrogens is 338 g/mol. The number of carboxylic acids is 2. The zero-order valence-corrected chi connectivity index (χ0v) is 17.0. The van der Waals surface area contributed by atoms with Crippen LogP contribution in [0.1, 0.15) is 20.7 Å². The largest absolute Gasteiger partial charge is 0.507 e. The molecule has 0 atom stereocenters. The number of nitrogens with zero attached hydrogens (tertiary/aromatic N) is 2. The Morgan fingerprint density at radius 2 is 1.04 bits per heavy atom. The smallest absolute Gasteiger partial charge is 0.339 e. The molecule has 8 nitrogen and oxygen atoms in total. The van der Waals surface area contributed by atoms with Gasteiger partial charge < -0.3 is 20.4 Å². The number of rotatable bonds is 4. The third kappa shape index (κ3) is 5.59. The average molecular weight is 348 g/mol. The molecule has 0 heterocycles. The second-order valence-corrected chi connectivity index (χ2v) is 4.21. The Bertz CT molecular complexity index is 729. The molecule has 0 saturated heterocycles. The molecule has 2 radical (unpaired) electrons.